The molecule has 0 spiro atoms. The standard InChI is InChI=1S/C15H19N3/c1-12(18-8-6-16-7-9-18)13-2-3-15-11-17-5-4-14(15)10-13/h2-5,10-12,16H,6-9H2,1H3. The first kappa shape index (κ1) is 11.6. The van der Waals surface area contributed by atoms with Crippen LogP contribution in [0, 0.1) is 0 Å². The number of nitrogens with one attached hydrogen (secondary N) is 1. The molecule has 0 bridgehead atoms. The van der Waals surface area contributed by atoms with Crippen molar-refractivity contribution in [3.63, 3.8) is 0 Å². The van der Waals surface area contributed by atoms with Crippen LogP contribution in [0.4, 0.5) is 0 Å². The van der Waals surface area contributed by atoms with Gasteiger partial charge in [0.2, 0.25) is 0 Å². The fraction of sp³-hybridized carbons (Fsp3) is 0.400. The minimum absolute atomic E-state index is 0.490. The Labute approximate surface area is 108 Å². The van der Waals surface area contributed by atoms with Crippen molar-refractivity contribution in [2.24, 2.45) is 0 Å². The van der Waals surface area contributed by atoms with Gasteiger partial charge in [0.15, 0.2) is 0 Å². The van der Waals surface area contributed by atoms with E-state index >= 15 is 0 Å². The lowest BCUT2D eigenvalue weighted by atomic mass is 10.0. The lowest BCUT2D eigenvalue weighted by Gasteiger charge is -2.33. The van der Waals surface area contributed by atoms with Crippen molar-refractivity contribution in [3.05, 3.63) is 42.2 Å². The number of pyridine rings is 1. The van der Waals surface area contributed by atoms with E-state index in [1.165, 1.54) is 16.3 Å². The summed E-state index contributed by atoms with van der Waals surface area (Å²) in [5.74, 6) is 0. The molecule has 2 heterocycles. The summed E-state index contributed by atoms with van der Waals surface area (Å²) < 4.78 is 0. The van der Waals surface area contributed by atoms with Crippen molar-refractivity contribution in [3.8, 4) is 0 Å². The third kappa shape index (κ3) is 2.24. The quantitative estimate of drug-likeness (QED) is 0.873. The molecule has 1 unspecified atom stereocenters. The van der Waals surface area contributed by atoms with Crippen LogP contribution in [-0.4, -0.2) is 36.1 Å². The first-order valence-electron chi connectivity index (χ1n) is 6.63. The van der Waals surface area contributed by atoms with Gasteiger partial charge in [-0.2, -0.15) is 0 Å². The zero-order chi connectivity index (χ0) is 12.4. The zero-order valence-corrected chi connectivity index (χ0v) is 10.8. The first-order valence-corrected chi connectivity index (χ1v) is 6.63. The molecular weight excluding hydrogens is 222 g/mol. The van der Waals surface area contributed by atoms with Crippen LogP contribution in [0.5, 0.6) is 0 Å². The average molecular weight is 241 g/mol. The molecule has 1 atom stereocenters. The minimum atomic E-state index is 0.490. The van der Waals surface area contributed by atoms with Crippen LogP contribution < -0.4 is 5.32 Å². The Kier molecular flexibility index (Phi) is 3.26. The molecule has 1 aliphatic heterocycles. The van der Waals surface area contributed by atoms with Gasteiger partial charge in [0.05, 0.1) is 0 Å². The average Bonchev–Trinajstić information content (AvgIpc) is 2.47. The second kappa shape index (κ2) is 5.04. The minimum Gasteiger partial charge on any atom is -0.314 e. The molecule has 1 aromatic carbocycles. The van der Waals surface area contributed by atoms with Gasteiger partial charge in [0.1, 0.15) is 0 Å². The van der Waals surface area contributed by atoms with Gasteiger partial charge in [0, 0.05) is 50.0 Å². The van der Waals surface area contributed by atoms with Gasteiger partial charge in [-0.3, -0.25) is 9.88 Å². The van der Waals surface area contributed by atoms with Crippen LogP contribution in [0.25, 0.3) is 10.8 Å². The summed E-state index contributed by atoms with van der Waals surface area (Å²) in [4.78, 5) is 6.70. The lowest BCUT2D eigenvalue weighted by Crippen LogP contribution is -2.44. The number of fused-ring (bicyclic) bond motifs is 1. The van der Waals surface area contributed by atoms with Crippen LogP contribution in [0.2, 0.25) is 0 Å². The van der Waals surface area contributed by atoms with Gasteiger partial charge in [0.25, 0.3) is 0 Å². The summed E-state index contributed by atoms with van der Waals surface area (Å²) in [5.41, 5.74) is 1.40. The SMILES string of the molecule is CC(c1ccc2cnccc2c1)N1CCNCC1. The van der Waals surface area contributed by atoms with Gasteiger partial charge in [-0.1, -0.05) is 12.1 Å². The summed E-state index contributed by atoms with van der Waals surface area (Å²) >= 11 is 0. The predicted octanol–water partition coefficient (Wildman–Crippen LogP) is 2.20. The first-order chi connectivity index (χ1) is 8.84. The number of hydrogen-bond acceptors (Lipinski definition) is 3. The molecule has 94 valence electrons. The second-order valence-corrected chi connectivity index (χ2v) is 4.94. The maximum Gasteiger partial charge on any atom is 0.0346 e. The maximum atomic E-state index is 4.16. The highest BCUT2D eigenvalue weighted by molar-refractivity contribution is 5.82. The number of rotatable bonds is 2. The third-order valence-corrected chi connectivity index (χ3v) is 3.85. The molecule has 0 aliphatic carbocycles. The monoisotopic (exact) mass is 241 g/mol. The Bertz CT molecular complexity index is 532. The molecule has 1 N–H and O–H groups in total. The Hall–Kier alpha value is -1.45. The summed E-state index contributed by atoms with van der Waals surface area (Å²) in [6.07, 6.45) is 3.79. The Morgan fingerprint density at radius 3 is 2.83 bits per heavy atom. The third-order valence-electron chi connectivity index (χ3n) is 3.85. The predicted molar refractivity (Wildman–Crippen MR) is 74.6 cm³/mol. The fourth-order valence-electron chi connectivity index (χ4n) is 2.64. The highest BCUT2D eigenvalue weighted by atomic mass is 15.2. The molecule has 0 saturated carbocycles. The van der Waals surface area contributed by atoms with Crippen molar-refractivity contribution >= 4 is 10.8 Å². The molecule has 1 fully saturated rings. The molecule has 1 aliphatic rings. The van der Waals surface area contributed by atoms with Gasteiger partial charge >= 0.3 is 0 Å². The lowest BCUT2D eigenvalue weighted by molar-refractivity contribution is 0.185. The molecular formula is C15H19N3. The van der Waals surface area contributed by atoms with Gasteiger partial charge in [-0.25, -0.2) is 0 Å². The molecule has 3 heteroatoms. The van der Waals surface area contributed by atoms with E-state index < -0.39 is 0 Å². The molecule has 2 aromatic rings. The molecule has 1 saturated heterocycles. The Morgan fingerprint density at radius 1 is 1.17 bits per heavy atom. The van der Waals surface area contributed by atoms with Crippen molar-refractivity contribution in [1.29, 1.82) is 0 Å². The number of benzene rings is 1. The van der Waals surface area contributed by atoms with E-state index in [1.54, 1.807) is 0 Å². The van der Waals surface area contributed by atoms with Gasteiger partial charge < -0.3 is 5.32 Å². The van der Waals surface area contributed by atoms with E-state index in [0.717, 1.165) is 26.2 Å². The van der Waals surface area contributed by atoms with E-state index in [-0.39, 0.29) is 0 Å². The maximum absolute atomic E-state index is 4.16. The van der Waals surface area contributed by atoms with E-state index in [1.807, 2.05) is 12.4 Å². The number of piperazine rings is 1. The summed E-state index contributed by atoms with van der Waals surface area (Å²) in [6.45, 7) is 6.77. The van der Waals surface area contributed by atoms with E-state index in [2.05, 4.69) is 46.4 Å². The van der Waals surface area contributed by atoms with E-state index in [0.29, 0.717) is 6.04 Å². The number of nitrogens with zero attached hydrogens (tertiary/aromatic N) is 2. The van der Waals surface area contributed by atoms with E-state index in [9.17, 15) is 0 Å². The second-order valence-electron chi connectivity index (χ2n) is 4.94. The molecule has 18 heavy (non-hydrogen) atoms. The largest absolute Gasteiger partial charge is 0.314 e. The smallest absolute Gasteiger partial charge is 0.0346 e. The molecule has 3 nitrogen and oxygen atoms in total. The van der Waals surface area contributed by atoms with Gasteiger partial charge in [-0.15, -0.1) is 0 Å². The van der Waals surface area contributed by atoms with Crippen LogP contribution in [0.3, 0.4) is 0 Å². The van der Waals surface area contributed by atoms with Crippen molar-refractivity contribution in [1.82, 2.24) is 15.2 Å². The van der Waals surface area contributed by atoms with Crippen LogP contribution in [-0.2, 0) is 0 Å². The normalized spacial score (nSPS) is 18.9. The summed E-state index contributed by atoms with van der Waals surface area (Å²) in [5, 5.41) is 5.90. The highest BCUT2D eigenvalue weighted by Crippen LogP contribution is 2.24. The Morgan fingerprint density at radius 2 is 2.00 bits per heavy atom. The van der Waals surface area contributed by atoms with Gasteiger partial charge in [-0.05, 0) is 30.0 Å². The van der Waals surface area contributed by atoms with Crippen molar-refractivity contribution in [2.45, 2.75) is 13.0 Å². The molecule has 1 aromatic heterocycles. The molecule has 0 amide bonds. The summed E-state index contributed by atoms with van der Waals surface area (Å²) in [6, 6.07) is 9.28. The van der Waals surface area contributed by atoms with Crippen LogP contribution in [0.1, 0.15) is 18.5 Å². The van der Waals surface area contributed by atoms with E-state index in [4.69, 9.17) is 0 Å². The van der Waals surface area contributed by atoms with Crippen LogP contribution in [0.15, 0.2) is 36.7 Å². The van der Waals surface area contributed by atoms with Crippen molar-refractivity contribution < 1.29 is 0 Å². The summed E-state index contributed by atoms with van der Waals surface area (Å²) in [7, 11) is 0. The fourth-order valence-corrected chi connectivity index (χ4v) is 2.64. The number of aromatic nitrogens is 1. The Balaban J connectivity index is 1.88. The zero-order valence-electron chi connectivity index (χ0n) is 10.8. The highest BCUT2D eigenvalue weighted by Gasteiger charge is 2.17. The topological polar surface area (TPSA) is 28.2 Å². The van der Waals surface area contributed by atoms with Crippen LogP contribution >= 0.6 is 0 Å². The number of hydrogen-bond donors (Lipinski definition) is 1. The molecule has 3 rings (SSSR count). The molecule has 0 radical (unpaired) electrons. The van der Waals surface area contributed by atoms with Crippen molar-refractivity contribution in [2.75, 3.05) is 26.2 Å².